The average Bonchev–Trinajstić information content (AvgIpc) is 2.51. The number of nitro groups is 1. The molecule has 1 N–H and O–H groups in total. The third-order valence-corrected chi connectivity index (χ3v) is 3.60. The summed E-state index contributed by atoms with van der Waals surface area (Å²) in [5.74, 6) is 0.459. The Balaban J connectivity index is 2.26. The fourth-order valence-electron chi connectivity index (χ4n) is 2.05. The summed E-state index contributed by atoms with van der Waals surface area (Å²) < 4.78 is 0. The SMILES string of the molecule is C/C(=C/CC(C)CC/C=C(\C)CNc1ccccc1)[N+](=O)[O-]. The van der Waals surface area contributed by atoms with E-state index >= 15 is 0 Å². The zero-order valence-electron chi connectivity index (χ0n) is 13.7. The van der Waals surface area contributed by atoms with Crippen molar-refractivity contribution in [3.63, 3.8) is 0 Å². The lowest BCUT2D eigenvalue weighted by Gasteiger charge is -2.08. The topological polar surface area (TPSA) is 55.2 Å². The fraction of sp³-hybridized carbons (Fsp3) is 0.444. The quantitative estimate of drug-likeness (QED) is 0.395. The van der Waals surface area contributed by atoms with Gasteiger partial charge in [-0.25, -0.2) is 0 Å². The van der Waals surface area contributed by atoms with Gasteiger partial charge in [-0.05, 0) is 50.3 Å². The Bertz CT molecular complexity index is 521. The Morgan fingerprint density at radius 2 is 1.95 bits per heavy atom. The first-order chi connectivity index (χ1) is 10.5. The van der Waals surface area contributed by atoms with Crippen LogP contribution in [0.2, 0.25) is 0 Å². The molecule has 0 heterocycles. The van der Waals surface area contributed by atoms with Crippen LogP contribution in [0.3, 0.4) is 0 Å². The molecule has 0 fully saturated rings. The summed E-state index contributed by atoms with van der Waals surface area (Å²) in [5.41, 5.74) is 2.68. The van der Waals surface area contributed by atoms with Crippen LogP contribution in [-0.4, -0.2) is 11.5 Å². The second kappa shape index (κ2) is 9.77. The van der Waals surface area contributed by atoms with Gasteiger partial charge in [-0.1, -0.05) is 36.8 Å². The minimum atomic E-state index is -0.327. The predicted molar refractivity (Wildman–Crippen MR) is 92.5 cm³/mol. The smallest absolute Gasteiger partial charge is 0.239 e. The number of para-hydroxylation sites is 1. The van der Waals surface area contributed by atoms with Crippen LogP contribution in [0.4, 0.5) is 5.69 Å². The highest BCUT2D eigenvalue weighted by molar-refractivity contribution is 5.43. The molecule has 1 aromatic carbocycles. The maximum atomic E-state index is 10.5. The Labute approximate surface area is 133 Å². The van der Waals surface area contributed by atoms with Gasteiger partial charge in [-0.3, -0.25) is 10.1 Å². The number of hydrogen-bond donors (Lipinski definition) is 1. The van der Waals surface area contributed by atoms with Crippen LogP contribution < -0.4 is 5.32 Å². The predicted octanol–water partition coefficient (Wildman–Crippen LogP) is 5.03. The number of allylic oxidation sites excluding steroid dienone is 3. The first-order valence-corrected chi connectivity index (χ1v) is 7.74. The van der Waals surface area contributed by atoms with Crippen molar-refractivity contribution in [2.45, 2.75) is 40.0 Å². The van der Waals surface area contributed by atoms with Gasteiger partial charge < -0.3 is 5.32 Å². The van der Waals surface area contributed by atoms with Gasteiger partial charge in [-0.2, -0.15) is 0 Å². The molecule has 0 aliphatic rings. The van der Waals surface area contributed by atoms with Crippen molar-refractivity contribution < 1.29 is 4.92 Å². The molecule has 22 heavy (non-hydrogen) atoms. The van der Waals surface area contributed by atoms with Crippen LogP contribution in [0, 0.1) is 16.0 Å². The van der Waals surface area contributed by atoms with Gasteiger partial charge in [0.05, 0.1) is 4.92 Å². The first kappa shape index (κ1) is 18.0. The van der Waals surface area contributed by atoms with Gasteiger partial charge in [0.1, 0.15) is 0 Å². The summed E-state index contributed by atoms with van der Waals surface area (Å²) in [6, 6.07) is 10.1. The largest absolute Gasteiger partial charge is 0.381 e. The summed E-state index contributed by atoms with van der Waals surface area (Å²) in [5, 5.41) is 13.9. The van der Waals surface area contributed by atoms with Crippen LogP contribution in [-0.2, 0) is 0 Å². The highest BCUT2D eigenvalue weighted by atomic mass is 16.6. The Hall–Kier alpha value is -2.10. The van der Waals surface area contributed by atoms with Crippen molar-refractivity contribution in [2.75, 3.05) is 11.9 Å². The average molecular weight is 302 g/mol. The molecule has 1 unspecified atom stereocenters. The van der Waals surface area contributed by atoms with Crippen molar-refractivity contribution in [1.82, 2.24) is 0 Å². The van der Waals surface area contributed by atoms with Crippen LogP contribution in [0.5, 0.6) is 0 Å². The van der Waals surface area contributed by atoms with Crippen molar-refractivity contribution in [3.05, 3.63) is 63.9 Å². The standard InChI is InChI=1S/C18H26N2O2/c1-15(12-13-17(3)20(21)22)8-7-9-16(2)14-19-18-10-5-4-6-11-18/h4-6,9-11,13,15,19H,7-8,12,14H2,1-3H3/b16-9+,17-13-. The minimum absolute atomic E-state index is 0.241. The van der Waals surface area contributed by atoms with Crippen molar-refractivity contribution in [3.8, 4) is 0 Å². The van der Waals surface area contributed by atoms with Crippen LogP contribution in [0.1, 0.15) is 40.0 Å². The molecule has 4 heteroatoms. The number of nitrogens with one attached hydrogen (secondary N) is 1. The van der Waals surface area contributed by atoms with E-state index in [1.165, 1.54) is 5.57 Å². The molecule has 0 spiro atoms. The van der Waals surface area contributed by atoms with Crippen molar-refractivity contribution >= 4 is 5.69 Å². The van der Waals surface area contributed by atoms with E-state index in [1.54, 1.807) is 13.0 Å². The Morgan fingerprint density at radius 3 is 2.59 bits per heavy atom. The lowest BCUT2D eigenvalue weighted by molar-refractivity contribution is -0.424. The first-order valence-electron chi connectivity index (χ1n) is 7.74. The van der Waals surface area contributed by atoms with Gasteiger partial charge in [0.15, 0.2) is 0 Å². The number of anilines is 1. The van der Waals surface area contributed by atoms with Crippen LogP contribution in [0.15, 0.2) is 53.8 Å². The molecule has 1 aromatic rings. The molecule has 120 valence electrons. The van der Waals surface area contributed by atoms with Gasteiger partial charge in [0, 0.05) is 19.2 Å². The number of rotatable bonds is 9. The molecular weight excluding hydrogens is 276 g/mol. The van der Waals surface area contributed by atoms with Crippen LogP contribution >= 0.6 is 0 Å². The summed E-state index contributed by atoms with van der Waals surface area (Å²) in [4.78, 5) is 10.2. The molecule has 4 nitrogen and oxygen atoms in total. The minimum Gasteiger partial charge on any atom is -0.381 e. The normalized spacial score (nSPS) is 13.8. The van der Waals surface area contributed by atoms with Crippen molar-refractivity contribution in [2.24, 2.45) is 5.92 Å². The van der Waals surface area contributed by atoms with E-state index in [4.69, 9.17) is 0 Å². The molecular formula is C18H26N2O2. The molecule has 0 aliphatic heterocycles. The maximum Gasteiger partial charge on any atom is 0.239 e. The van der Waals surface area contributed by atoms with E-state index in [-0.39, 0.29) is 10.6 Å². The second-order valence-electron chi connectivity index (χ2n) is 5.79. The number of hydrogen-bond acceptors (Lipinski definition) is 3. The number of nitrogens with zero attached hydrogens (tertiary/aromatic N) is 1. The second-order valence-corrected chi connectivity index (χ2v) is 5.79. The highest BCUT2D eigenvalue weighted by Gasteiger charge is 2.04. The summed E-state index contributed by atoms with van der Waals surface area (Å²) in [7, 11) is 0. The van der Waals surface area contributed by atoms with Gasteiger partial charge >= 0.3 is 0 Å². The summed E-state index contributed by atoms with van der Waals surface area (Å²) in [6.07, 6.45) is 6.79. The van der Waals surface area contributed by atoms with E-state index < -0.39 is 0 Å². The van der Waals surface area contributed by atoms with Crippen molar-refractivity contribution in [1.29, 1.82) is 0 Å². The highest BCUT2D eigenvalue weighted by Crippen LogP contribution is 2.14. The van der Waals surface area contributed by atoms with E-state index in [2.05, 4.69) is 37.4 Å². The fourth-order valence-corrected chi connectivity index (χ4v) is 2.05. The third kappa shape index (κ3) is 7.62. The molecule has 1 atom stereocenters. The van der Waals surface area contributed by atoms with E-state index in [9.17, 15) is 10.1 Å². The zero-order valence-corrected chi connectivity index (χ0v) is 13.7. The molecule has 0 amide bonds. The molecule has 0 radical (unpaired) electrons. The Kier molecular flexibility index (Phi) is 7.97. The third-order valence-electron chi connectivity index (χ3n) is 3.60. The number of benzene rings is 1. The molecule has 0 saturated heterocycles. The molecule has 1 rings (SSSR count). The summed E-state index contributed by atoms with van der Waals surface area (Å²) in [6.45, 7) is 6.65. The Morgan fingerprint density at radius 1 is 1.27 bits per heavy atom. The van der Waals surface area contributed by atoms with Gasteiger partial charge in [0.25, 0.3) is 0 Å². The molecule has 0 bridgehead atoms. The lowest BCUT2D eigenvalue weighted by Crippen LogP contribution is -2.02. The molecule has 0 saturated carbocycles. The molecule has 0 aliphatic carbocycles. The lowest BCUT2D eigenvalue weighted by atomic mass is 10.0. The van der Waals surface area contributed by atoms with Gasteiger partial charge in [0.2, 0.25) is 5.70 Å². The molecule has 0 aromatic heterocycles. The zero-order chi connectivity index (χ0) is 16.4. The van der Waals surface area contributed by atoms with Gasteiger partial charge in [-0.15, -0.1) is 0 Å². The van der Waals surface area contributed by atoms with E-state index in [1.807, 2.05) is 18.2 Å². The maximum absolute atomic E-state index is 10.5. The van der Waals surface area contributed by atoms with E-state index in [0.29, 0.717) is 5.92 Å². The van der Waals surface area contributed by atoms with Crippen LogP contribution in [0.25, 0.3) is 0 Å². The monoisotopic (exact) mass is 302 g/mol. The van der Waals surface area contributed by atoms with E-state index in [0.717, 1.165) is 31.5 Å². The summed E-state index contributed by atoms with van der Waals surface area (Å²) >= 11 is 0.